The van der Waals surface area contributed by atoms with Gasteiger partial charge >= 0.3 is 5.97 Å². The highest BCUT2D eigenvalue weighted by molar-refractivity contribution is 6.31. The molecule has 0 N–H and O–H groups in total. The minimum absolute atomic E-state index is 0.0403. The molecular formula is C12H11ClFNO2. The number of carbonyl (C=O) groups excluding carboxylic acids is 1. The van der Waals surface area contributed by atoms with E-state index < -0.39 is 11.8 Å². The predicted octanol–water partition coefficient (Wildman–Crippen LogP) is 3.15. The number of esters is 1. The molecule has 5 heteroatoms. The molecule has 1 aromatic heterocycles. The Morgan fingerprint density at radius 1 is 1.47 bits per heavy atom. The highest BCUT2D eigenvalue weighted by atomic mass is 35.5. The summed E-state index contributed by atoms with van der Waals surface area (Å²) in [6, 6.07) is 4.44. The molecule has 0 unspecified atom stereocenters. The van der Waals surface area contributed by atoms with Gasteiger partial charge in [-0.15, -0.1) is 0 Å². The van der Waals surface area contributed by atoms with Gasteiger partial charge in [-0.25, -0.2) is 9.18 Å². The van der Waals surface area contributed by atoms with Gasteiger partial charge in [0.25, 0.3) is 0 Å². The van der Waals surface area contributed by atoms with Crippen molar-refractivity contribution < 1.29 is 13.9 Å². The van der Waals surface area contributed by atoms with Gasteiger partial charge in [0.15, 0.2) is 0 Å². The molecule has 0 saturated carbocycles. The van der Waals surface area contributed by atoms with Crippen molar-refractivity contribution in [2.75, 3.05) is 6.61 Å². The molecule has 0 aliphatic carbocycles. The third-order valence-corrected chi connectivity index (χ3v) is 2.86. The van der Waals surface area contributed by atoms with Gasteiger partial charge in [-0.05, 0) is 25.1 Å². The summed E-state index contributed by atoms with van der Waals surface area (Å²) in [5, 5.41) is 0.750. The fraction of sp³-hybridized carbons (Fsp3) is 0.250. The zero-order valence-corrected chi connectivity index (χ0v) is 10.2. The van der Waals surface area contributed by atoms with Crippen molar-refractivity contribution in [3.05, 3.63) is 34.7 Å². The molecular weight excluding hydrogens is 245 g/mol. The van der Waals surface area contributed by atoms with Crippen LogP contribution in [0.1, 0.15) is 17.4 Å². The van der Waals surface area contributed by atoms with E-state index in [-0.39, 0.29) is 5.02 Å². The largest absolute Gasteiger partial charge is 0.461 e. The zero-order chi connectivity index (χ0) is 12.6. The normalized spacial score (nSPS) is 10.8. The van der Waals surface area contributed by atoms with Crippen molar-refractivity contribution in [2.45, 2.75) is 6.92 Å². The quantitative estimate of drug-likeness (QED) is 0.772. The van der Waals surface area contributed by atoms with E-state index in [0.717, 1.165) is 0 Å². The number of fused-ring (bicyclic) bond motifs is 1. The summed E-state index contributed by atoms with van der Waals surface area (Å²) in [5.41, 5.74) is 0.985. The van der Waals surface area contributed by atoms with E-state index in [1.165, 1.54) is 12.1 Å². The zero-order valence-electron chi connectivity index (χ0n) is 9.46. The lowest BCUT2D eigenvalue weighted by Crippen LogP contribution is -2.09. The summed E-state index contributed by atoms with van der Waals surface area (Å²) >= 11 is 5.69. The van der Waals surface area contributed by atoms with Crippen molar-refractivity contribution in [1.82, 2.24) is 4.57 Å². The van der Waals surface area contributed by atoms with E-state index in [4.69, 9.17) is 16.3 Å². The fourth-order valence-corrected chi connectivity index (χ4v) is 1.90. The lowest BCUT2D eigenvalue weighted by atomic mass is 10.2. The molecule has 0 atom stereocenters. The Bertz CT molecular complexity index is 592. The second-order valence-electron chi connectivity index (χ2n) is 3.63. The minimum Gasteiger partial charge on any atom is -0.461 e. The van der Waals surface area contributed by atoms with Crippen molar-refractivity contribution >= 4 is 28.5 Å². The number of aryl methyl sites for hydroxylation is 1. The van der Waals surface area contributed by atoms with Crippen LogP contribution in [0, 0.1) is 5.82 Å². The summed E-state index contributed by atoms with van der Waals surface area (Å²) in [6.07, 6.45) is 0. The average molecular weight is 256 g/mol. The molecule has 0 spiro atoms. The Labute approximate surface area is 103 Å². The maximum Gasteiger partial charge on any atom is 0.354 e. The Balaban J connectivity index is 2.60. The van der Waals surface area contributed by atoms with Gasteiger partial charge in [0.1, 0.15) is 11.5 Å². The van der Waals surface area contributed by atoms with Crippen molar-refractivity contribution in [3.8, 4) is 0 Å². The number of hydrogen-bond donors (Lipinski definition) is 0. The number of nitrogens with zero attached hydrogens (tertiary/aromatic N) is 1. The van der Waals surface area contributed by atoms with E-state index in [0.29, 0.717) is 23.2 Å². The molecule has 1 heterocycles. The first-order chi connectivity index (χ1) is 8.04. The predicted molar refractivity (Wildman–Crippen MR) is 63.8 cm³/mol. The number of ether oxygens (including phenoxy) is 1. The van der Waals surface area contributed by atoms with Crippen LogP contribution in [0.25, 0.3) is 10.9 Å². The van der Waals surface area contributed by atoms with Crippen LogP contribution < -0.4 is 0 Å². The van der Waals surface area contributed by atoms with E-state index in [2.05, 4.69) is 0 Å². The average Bonchev–Trinajstić information content (AvgIpc) is 2.58. The van der Waals surface area contributed by atoms with E-state index in [1.54, 1.807) is 24.6 Å². The smallest absolute Gasteiger partial charge is 0.354 e. The van der Waals surface area contributed by atoms with Crippen LogP contribution in [-0.4, -0.2) is 17.1 Å². The van der Waals surface area contributed by atoms with Crippen LogP contribution in [0.5, 0.6) is 0 Å². The van der Waals surface area contributed by atoms with Crippen LogP contribution in [0.3, 0.4) is 0 Å². The molecule has 3 nitrogen and oxygen atoms in total. The van der Waals surface area contributed by atoms with Crippen LogP contribution in [-0.2, 0) is 11.8 Å². The van der Waals surface area contributed by atoms with E-state index in [9.17, 15) is 9.18 Å². The third kappa shape index (κ3) is 2.00. The second kappa shape index (κ2) is 4.37. The highest BCUT2D eigenvalue weighted by Crippen LogP contribution is 2.25. The van der Waals surface area contributed by atoms with Gasteiger partial charge in [-0.2, -0.15) is 0 Å². The monoisotopic (exact) mass is 255 g/mol. The standard InChI is InChI=1S/C12H11ClFNO2/c1-3-17-12(16)11-5-7-4-8(13)9(14)6-10(7)15(11)2/h4-6H,3H2,1-2H3. The van der Waals surface area contributed by atoms with Crippen molar-refractivity contribution in [1.29, 1.82) is 0 Å². The molecule has 2 rings (SSSR count). The molecule has 17 heavy (non-hydrogen) atoms. The molecule has 0 radical (unpaired) electrons. The number of hydrogen-bond acceptors (Lipinski definition) is 2. The van der Waals surface area contributed by atoms with Crippen molar-refractivity contribution in [3.63, 3.8) is 0 Å². The minimum atomic E-state index is -0.504. The third-order valence-electron chi connectivity index (χ3n) is 2.57. The molecule has 1 aromatic carbocycles. The SMILES string of the molecule is CCOC(=O)c1cc2cc(Cl)c(F)cc2n1C. The number of rotatable bonds is 2. The number of benzene rings is 1. The summed E-state index contributed by atoms with van der Waals surface area (Å²) in [4.78, 5) is 11.6. The first kappa shape index (κ1) is 11.9. The first-order valence-electron chi connectivity index (χ1n) is 5.16. The second-order valence-corrected chi connectivity index (χ2v) is 4.04. The van der Waals surface area contributed by atoms with Gasteiger partial charge < -0.3 is 9.30 Å². The molecule has 0 aliphatic heterocycles. The summed E-state index contributed by atoms with van der Waals surface area (Å²) in [6.45, 7) is 2.03. The topological polar surface area (TPSA) is 31.2 Å². The molecule has 0 bridgehead atoms. The van der Waals surface area contributed by atoms with Crippen molar-refractivity contribution in [2.24, 2.45) is 7.05 Å². The van der Waals surface area contributed by atoms with Gasteiger partial charge in [0, 0.05) is 12.4 Å². The van der Waals surface area contributed by atoms with Crippen LogP contribution in [0.15, 0.2) is 18.2 Å². The highest BCUT2D eigenvalue weighted by Gasteiger charge is 2.15. The van der Waals surface area contributed by atoms with E-state index >= 15 is 0 Å². The molecule has 0 aliphatic rings. The molecule has 0 fully saturated rings. The van der Waals surface area contributed by atoms with Gasteiger partial charge in [0.05, 0.1) is 17.1 Å². The number of halogens is 2. The van der Waals surface area contributed by atoms with Crippen LogP contribution in [0.4, 0.5) is 4.39 Å². The van der Waals surface area contributed by atoms with Gasteiger partial charge in [-0.1, -0.05) is 11.6 Å². The Hall–Kier alpha value is -1.55. The Morgan fingerprint density at radius 3 is 2.82 bits per heavy atom. The maximum absolute atomic E-state index is 13.3. The maximum atomic E-state index is 13.3. The van der Waals surface area contributed by atoms with Gasteiger partial charge in [-0.3, -0.25) is 0 Å². The number of carbonyl (C=O) groups is 1. The lowest BCUT2D eigenvalue weighted by Gasteiger charge is -2.03. The van der Waals surface area contributed by atoms with E-state index in [1.807, 2.05) is 0 Å². The molecule has 0 amide bonds. The Morgan fingerprint density at radius 2 is 2.18 bits per heavy atom. The van der Waals surface area contributed by atoms with Crippen LogP contribution >= 0.6 is 11.6 Å². The van der Waals surface area contributed by atoms with Crippen LogP contribution in [0.2, 0.25) is 5.02 Å². The Kier molecular flexibility index (Phi) is 3.07. The number of aromatic nitrogens is 1. The van der Waals surface area contributed by atoms with Gasteiger partial charge in [0.2, 0.25) is 0 Å². The molecule has 2 aromatic rings. The lowest BCUT2D eigenvalue weighted by molar-refractivity contribution is 0.0516. The molecule has 90 valence electrons. The molecule has 0 saturated heterocycles. The summed E-state index contributed by atoms with van der Waals surface area (Å²) in [5.74, 6) is -0.932. The first-order valence-corrected chi connectivity index (χ1v) is 5.54. The summed E-state index contributed by atoms with van der Waals surface area (Å²) < 4.78 is 19.8. The summed E-state index contributed by atoms with van der Waals surface area (Å²) in [7, 11) is 1.68. The fourth-order valence-electron chi connectivity index (χ4n) is 1.73.